The van der Waals surface area contributed by atoms with Crippen molar-refractivity contribution in [3.63, 3.8) is 0 Å². The third kappa shape index (κ3) is 2.07. The topological polar surface area (TPSA) is 6.48 Å². The van der Waals surface area contributed by atoms with Crippen molar-refractivity contribution in [1.29, 1.82) is 0 Å². The molecule has 2 fully saturated rings. The zero-order valence-corrected chi connectivity index (χ0v) is 10.8. The van der Waals surface area contributed by atoms with Gasteiger partial charge in [-0.3, -0.25) is 4.90 Å². The molecule has 0 saturated carbocycles. The van der Waals surface area contributed by atoms with Gasteiger partial charge in [-0.15, -0.1) is 0 Å². The van der Waals surface area contributed by atoms with Crippen LogP contribution in [0.25, 0.3) is 0 Å². The summed E-state index contributed by atoms with van der Waals surface area (Å²) in [4.78, 5) is 5.29. The smallest absolute Gasteiger partial charge is 0.0205 e. The van der Waals surface area contributed by atoms with Gasteiger partial charge in [0, 0.05) is 30.6 Å². The zero-order valence-electron chi connectivity index (χ0n) is 10.8. The quantitative estimate of drug-likeness (QED) is 0.704. The van der Waals surface area contributed by atoms with E-state index >= 15 is 0 Å². The fourth-order valence-electron chi connectivity index (χ4n) is 2.93. The lowest BCUT2D eigenvalue weighted by Gasteiger charge is -2.53. The highest BCUT2D eigenvalue weighted by Crippen LogP contribution is 2.34. The summed E-state index contributed by atoms with van der Waals surface area (Å²) in [6.07, 6.45) is 2.81. The lowest BCUT2D eigenvalue weighted by molar-refractivity contribution is -0.0325. The van der Waals surface area contributed by atoms with Crippen molar-refractivity contribution in [3.8, 4) is 0 Å². The molecule has 0 aromatic heterocycles. The Hall–Kier alpha value is -0.0800. The number of rotatable bonds is 3. The summed E-state index contributed by atoms with van der Waals surface area (Å²) in [6, 6.07) is 0.732. The summed E-state index contributed by atoms with van der Waals surface area (Å²) >= 11 is 0. The Balaban J connectivity index is 1.88. The molecule has 2 rings (SSSR count). The van der Waals surface area contributed by atoms with Crippen molar-refractivity contribution >= 4 is 0 Å². The van der Waals surface area contributed by atoms with Crippen LogP contribution in [-0.2, 0) is 0 Å². The van der Waals surface area contributed by atoms with Gasteiger partial charge in [0.15, 0.2) is 0 Å². The van der Waals surface area contributed by atoms with E-state index in [2.05, 4.69) is 37.5 Å². The maximum atomic E-state index is 2.70. The lowest BCUT2D eigenvalue weighted by Crippen LogP contribution is -2.62. The minimum atomic E-state index is 0.432. The molecule has 2 heterocycles. The molecule has 0 N–H and O–H groups in total. The zero-order chi connectivity index (χ0) is 11.1. The van der Waals surface area contributed by atoms with Crippen molar-refractivity contribution in [1.82, 2.24) is 9.80 Å². The van der Waals surface area contributed by atoms with E-state index in [1.54, 1.807) is 0 Å². The van der Waals surface area contributed by atoms with Gasteiger partial charge in [-0.1, -0.05) is 0 Å². The molecule has 2 nitrogen and oxygen atoms in total. The van der Waals surface area contributed by atoms with Crippen molar-refractivity contribution in [2.75, 3.05) is 26.2 Å². The number of likely N-dealkylation sites (tertiary alicyclic amines) is 2. The number of hydrogen-bond donors (Lipinski definition) is 0. The van der Waals surface area contributed by atoms with Gasteiger partial charge in [-0.2, -0.15) is 0 Å². The maximum Gasteiger partial charge on any atom is 0.0205 e. The van der Waals surface area contributed by atoms with Crippen molar-refractivity contribution in [2.45, 2.75) is 52.1 Å². The average molecular weight is 210 g/mol. The molecule has 0 unspecified atom stereocenters. The molecule has 2 saturated heterocycles. The molecule has 2 heteroatoms. The Kier molecular flexibility index (Phi) is 3.09. The Labute approximate surface area is 94.6 Å². The van der Waals surface area contributed by atoms with Gasteiger partial charge in [-0.25, -0.2) is 0 Å². The average Bonchev–Trinajstić information content (AvgIpc) is 2.50. The van der Waals surface area contributed by atoms with Crippen LogP contribution >= 0.6 is 0 Å². The van der Waals surface area contributed by atoms with Gasteiger partial charge in [0.05, 0.1) is 0 Å². The summed E-state index contributed by atoms with van der Waals surface area (Å²) < 4.78 is 0. The summed E-state index contributed by atoms with van der Waals surface area (Å²) in [6.45, 7) is 14.8. The van der Waals surface area contributed by atoms with Crippen LogP contribution in [0.3, 0.4) is 0 Å². The van der Waals surface area contributed by atoms with Crippen LogP contribution in [0.15, 0.2) is 0 Å². The predicted octanol–water partition coefficient (Wildman–Crippen LogP) is 2.20. The van der Waals surface area contributed by atoms with Crippen LogP contribution < -0.4 is 0 Å². The van der Waals surface area contributed by atoms with E-state index < -0.39 is 0 Å². The molecule has 0 amide bonds. The molecule has 2 aliphatic heterocycles. The van der Waals surface area contributed by atoms with Gasteiger partial charge < -0.3 is 4.90 Å². The maximum absolute atomic E-state index is 2.70. The van der Waals surface area contributed by atoms with Crippen LogP contribution in [-0.4, -0.2) is 47.6 Å². The molecule has 88 valence electrons. The second-order valence-electron chi connectivity index (χ2n) is 6.09. The van der Waals surface area contributed by atoms with E-state index in [0.717, 1.165) is 12.0 Å². The summed E-state index contributed by atoms with van der Waals surface area (Å²) in [7, 11) is 0. The molecule has 0 aromatic rings. The van der Waals surface area contributed by atoms with E-state index in [1.807, 2.05) is 0 Å². The van der Waals surface area contributed by atoms with Crippen LogP contribution in [0.1, 0.15) is 40.5 Å². The fourth-order valence-corrected chi connectivity index (χ4v) is 2.93. The molecule has 2 aliphatic rings. The van der Waals surface area contributed by atoms with Crippen LogP contribution in [0.5, 0.6) is 0 Å². The predicted molar refractivity (Wildman–Crippen MR) is 65.1 cm³/mol. The first kappa shape index (κ1) is 11.4. The summed E-state index contributed by atoms with van der Waals surface area (Å²) in [5.74, 6) is 0.887. The Morgan fingerprint density at radius 3 is 2.07 bits per heavy atom. The summed E-state index contributed by atoms with van der Waals surface area (Å²) in [5.41, 5.74) is 0.432. The highest BCUT2D eigenvalue weighted by Gasteiger charge is 2.43. The van der Waals surface area contributed by atoms with Crippen LogP contribution in [0.2, 0.25) is 0 Å². The van der Waals surface area contributed by atoms with Crippen molar-refractivity contribution in [3.05, 3.63) is 0 Å². The molecule has 0 bridgehead atoms. The molecule has 15 heavy (non-hydrogen) atoms. The normalized spacial score (nSPS) is 26.2. The SMILES string of the molecule is CC(C)N1CC(C(C)(C)N2CCCC2)C1. The Bertz CT molecular complexity index is 211. The minimum absolute atomic E-state index is 0.432. The van der Waals surface area contributed by atoms with E-state index in [4.69, 9.17) is 0 Å². The molecule has 0 aromatic carbocycles. The third-order valence-electron chi connectivity index (χ3n) is 4.56. The third-order valence-corrected chi connectivity index (χ3v) is 4.56. The van der Waals surface area contributed by atoms with Gasteiger partial charge in [0.2, 0.25) is 0 Å². The largest absolute Gasteiger partial charge is 0.300 e. The Morgan fingerprint density at radius 2 is 1.60 bits per heavy atom. The molecule has 0 atom stereocenters. The molecule has 0 spiro atoms. The van der Waals surface area contributed by atoms with Gasteiger partial charge in [0.1, 0.15) is 0 Å². The fraction of sp³-hybridized carbons (Fsp3) is 1.00. The van der Waals surface area contributed by atoms with E-state index in [9.17, 15) is 0 Å². The van der Waals surface area contributed by atoms with Crippen molar-refractivity contribution in [2.24, 2.45) is 5.92 Å². The second-order valence-corrected chi connectivity index (χ2v) is 6.09. The van der Waals surface area contributed by atoms with Gasteiger partial charge >= 0.3 is 0 Å². The van der Waals surface area contributed by atoms with Crippen LogP contribution in [0, 0.1) is 5.92 Å². The minimum Gasteiger partial charge on any atom is -0.300 e. The first-order valence-corrected chi connectivity index (χ1v) is 6.51. The van der Waals surface area contributed by atoms with Gasteiger partial charge in [0.25, 0.3) is 0 Å². The van der Waals surface area contributed by atoms with Crippen LogP contribution in [0.4, 0.5) is 0 Å². The van der Waals surface area contributed by atoms with Gasteiger partial charge in [-0.05, 0) is 53.6 Å². The van der Waals surface area contributed by atoms with Crippen molar-refractivity contribution < 1.29 is 0 Å². The monoisotopic (exact) mass is 210 g/mol. The van der Waals surface area contributed by atoms with E-state index in [-0.39, 0.29) is 0 Å². The molecule has 0 radical (unpaired) electrons. The first-order chi connectivity index (χ1) is 7.01. The number of nitrogens with zero attached hydrogens (tertiary/aromatic N) is 2. The Morgan fingerprint density at radius 1 is 1.07 bits per heavy atom. The highest BCUT2D eigenvalue weighted by molar-refractivity contribution is 4.98. The second kappa shape index (κ2) is 4.06. The molecule has 0 aliphatic carbocycles. The number of hydrogen-bond acceptors (Lipinski definition) is 2. The van der Waals surface area contributed by atoms with E-state index in [1.165, 1.54) is 39.0 Å². The standard InChI is InChI=1S/C13H26N2/c1-11(2)14-9-12(10-14)13(3,4)15-7-5-6-8-15/h11-12H,5-10H2,1-4H3. The molecular formula is C13H26N2. The first-order valence-electron chi connectivity index (χ1n) is 6.51. The molecular weight excluding hydrogens is 184 g/mol. The highest BCUT2D eigenvalue weighted by atomic mass is 15.3. The summed E-state index contributed by atoms with van der Waals surface area (Å²) in [5, 5.41) is 0. The van der Waals surface area contributed by atoms with E-state index in [0.29, 0.717) is 5.54 Å². The lowest BCUT2D eigenvalue weighted by atomic mass is 9.79.